The van der Waals surface area contributed by atoms with Crippen LogP contribution in [0.1, 0.15) is 87.5 Å². The highest BCUT2D eigenvalue weighted by atomic mass is 16.7. The number of pyridine rings is 1. The van der Waals surface area contributed by atoms with E-state index in [0.29, 0.717) is 38.8 Å². The number of nitrogens with one attached hydrogen (secondary N) is 1. The zero-order chi connectivity index (χ0) is 44.8. The molecule has 0 bridgehead atoms. The number of ketones is 1. The zero-order valence-corrected chi connectivity index (χ0v) is 37.7. The van der Waals surface area contributed by atoms with Gasteiger partial charge in [-0.25, -0.2) is 9.78 Å². The van der Waals surface area contributed by atoms with Crippen molar-refractivity contribution in [1.82, 2.24) is 29.7 Å². The molecule has 5 heterocycles. The van der Waals surface area contributed by atoms with Crippen molar-refractivity contribution in [3.63, 3.8) is 0 Å². The number of aliphatic hydroxyl groups excluding tert-OH is 1. The molecular weight excluding hydrogens is 789 g/mol. The predicted molar refractivity (Wildman–Crippen MR) is 224 cm³/mol. The number of nitrogens with zero attached hydrogens (tertiary/aromatic N) is 5. The summed E-state index contributed by atoms with van der Waals surface area (Å²) >= 11 is 0. The van der Waals surface area contributed by atoms with Gasteiger partial charge in [0.05, 0.1) is 35.9 Å². The van der Waals surface area contributed by atoms with E-state index in [1.165, 1.54) is 21.0 Å². The first kappa shape index (κ1) is 48.0. The highest BCUT2D eigenvalue weighted by molar-refractivity contribution is 6.00. The number of carbonyl (C=O) groups excluding carboxylic acids is 4. The van der Waals surface area contributed by atoms with Crippen LogP contribution in [0.5, 0.6) is 0 Å². The Morgan fingerprint density at radius 1 is 1.11 bits per heavy atom. The first-order chi connectivity index (χ1) is 28.8. The highest BCUT2D eigenvalue weighted by Crippen LogP contribution is 2.40. The molecule has 0 spiro atoms. The Balaban J connectivity index is 1.41. The molecule has 5 rings (SSSR count). The average Bonchev–Trinajstić information content (AvgIpc) is 3.80. The van der Waals surface area contributed by atoms with Gasteiger partial charge in [-0.2, -0.15) is 0 Å². The summed E-state index contributed by atoms with van der Waals surface area (Å²) in [5.41, 5.74) is -0.683. The Labute approximate surface area is 360 Å². The van der Waals surface area contributed by atoms with Gasteiger partial charge >= 0.3 is 18.0 Å². The van der Waals surface area contributed by atoms with Crippen molar-refractivity contribution >= 4 is 23.8 Å². The Kier molecular flexibility index (Phi) is 16.1. The van der Waals surface area contributed by atoms with Crippen LogP contribution in [-0.4, -0.2) is 154 Å². The fourth-order valence-corrected chi connectivity index (χ4v) is 9.53. The van der Waals surface area contributed by atoms with Crippen LogP contribution >= 0.6 is 0 Å². The minimum atomic E-state index is -1.26. The van der Waals surface area contributed by atoms with Gasteiger partial charge in [-0.05, 0) is 93.0 Å². The summed E-state index contributed by atoms with van der Waals surface area (Å²) in [5, 5.41) is 15.3. The maximum Gasteiger partial charge on any atom is 0.410 e. The summed E-state index contributed by atoms with van der Waals surface area (Å²) in [7, 11) is 5.19. The zero-order valence-electron chi connectivity index (χ0n) is 37.7. The lowest BCUT2D eigenvalue weighted by molar-refractivity contribution is -0.300. The number of aliphatic hydroxyl groups is 1. The molecule has 13 atom stereocenters. The monoisotopic (exact) mass is 856 g/mol. The topological polar surface area (TPSA) is 193 Å². The first-order valence-corrected chi connectivity index (χ1v) is 21.6. The van der Waals surface area contributed by atoms with E-state index in [9.17, 15) is 24.3 Å². The fourth-order valence-electron chi connectivity index (χ4n) is 9.53. The number of cyclic esters (lactones) is 1. The number of amides is 1. The molecule has 3 aliphatic heterocycles. The van der Waals surface area contributed by atoms with Crippen LogP contribution < -0.4 is 5.32 Å². The molecule has 0 aromatic carbocycles. The molecule has 17 heteroatoms. The molecule has 3 fully saturated rings. The molecule has 2 aromatic rings. The third-order valence-electron chi connectivity index (χ3n) is 12.8. The predicted octanol–water partition coefficient (Wildman–Crippen LogP) is 4.00. The van der Waals surface area contributed by atoms with Gasteiger partial charge in [-0.15, -0.1) is 0 Å². The smallest absolute Gasteiger partial charge is 0.410 e. The summed E-state index contributed by atoms with van der Waals surface area (Å²) < 4.78 is 38.9. The fraction of sp³-hybridized carbons (Fsp3) is 0.727. The van der Waals surface area contributed by atoms with Gasteiger partial charge in [-0.1, -0.05) is 13.8 Å². The molecule has 0 saturated carbocycles. The van der Waals surface area contributed by atoms with E-state index >= 15 is 0 Å². The number of rotatable bonds is 13. The second kappa shape index (κ2) is 20.5. The van der Waals surface area contributed by atoms with Gasteiger partial charge in [0, 0.05) is 75.3 Å². The van der Waals surface area contributed by atoms with Gasteiger partial charge in [0.2, 0.25) is 0 Å². The molecule has 1 amide bonds. The summed E-state index contributed by atoms with van der Waals surface area (Å²) in [6.45, 7) is 15.0. The van der Waals surface area contributed by atoms with E-state index in [1.54, 1.807) is 37.5 Å². The van der Waals surface area contributed by atoms with Crippen molar-refractivity contribution in [2.24, 2.45) is 11.8 Å². The van der Waals surface area contributed by atoms with Crippen LogP contribution in [0.4, 0.5) is 4.79 Å². The maximum atomic E-state index is 14.4. The SMILES string of the molecule is CC[C@@H]1OC(=O)[C@H](C)C(=O)[C@H](C)[C@@H](O[C@@H]2O[C@H](COC(C)=O)C[C@H](N(C)C)[C@H]2O)[C@@](C)(OC)C[C@@H](C)N[C@@H](C)[C@H]2N(CCCCn3cnc(-c4cccnc4)c3)C(=O)O[C@]12C. The van der Waals surface area contributed by atoms with Crippen LogP contribution in [0, 0.1) is 11.8 Å². The highest BCUT2D eigenvalue weighted by Gasteiger charge is 2.59. The molecule has 0 radical (unpaired) electrons. The lowest BCUT2D eigenvalue weighted by Crippen LogP contribution is -2.63. The molecule has 0 unspecified atom stereocenters. The number of likely N-dealkylation sites (N-methyl/N-ethyl adjacent to an activating group) is 1. The van der Waals surface area contributed by atoms with Crippen LogP contribution in [0.2, 0.25) is 0 Å². The standard InChI is InChI=1S/C44H68N6O11/c1-12-35-44(8)38(50(42(55)61-44)19-14-13-18-49-23-33(46-25-49)31-16-15-17-45-22-31)29(5)47-26(2)21-43(7,56-11)39(27(3)36(52)28(4)40(54)59-35)60-41-37(53)34(48(9)10)20-32(58-41)24-57-30(6)51/h15-17,22-23,25-29,32,34-35,37-39,41,47,53H,12-14,18-21,24H2,1-11H3/t26-,27+,28-,29+,32+,34+,35+,37-,38-,39-,41+,43+,44-/m1/s1. The third kappa shape index (κ3) is 11.0. The Morgan fingerprint density at radius 3 is 2.48 bits per heavy atom. The number of imidazole rings is 1. The third-order valence-corrected chi connectivity index (χ3v) is 12.8. The molecule has 3 aliphatic rings. The molecule has 17 nitrogen and oxygen atoms in total. The number of unbranched alkanes of at least 4 members (excludes halogenated alkanes) is 1. The summed E-state index contributed by atoms with van der Waals surface area (Å²) in [6, 6.07) is 2.18. The summed E-state index contributed by atoms with van der Waals surface area (Å²) in [5.74, 6) is -3.85. The van der Waals surface area contributed by atoms with Crippen molar-refractivity contribution in [3.05, 3.63) is 37.1 Å². The number of hydrogen-bond donors (Lipinski definition) is 2. The van der Waals surface area contributed by atoms with Gasteiger partial charge in [0.1, 0.15) is 24.7 Å². The second-order valence-corrected chi connectivity index (χ2v) is 17.7. The van der Waals surface area contributed by atoms with Gasteiger partial charge < -0.3 is 48.3 Å². The number of fused-ring (bicyclic) bond motifs is 1. The number of ether oxygens (including phenoxy) is 6. The van der Waals surface area contributed by atoms with Crippen molar-refractivity contribution in [2.75, 3.05) is 34.4 Å². The van der Waals surface area contributed by atoms with E-state index in [4.69, 9.17) is 28.4 Å². The normalized spacial score (nSPS) is 35.3. The van der Waals surface area contributed by atoms with Crippen LogP contribution in [0.3, 0.4) is 0 Å². The molecule has 2 N–H and O–H groups in total. The minimum Gasteiger partial charge on any atom is -0.463 e. The number of carbonyl (C=O) groups is 4. The quantitative estimate of drug-likeness (QED) is 0.127. The summed E-state index contributed by atoms with van der Waals surface area (Å²) in [4.78, 5) is 66.3. The van der Waals surface area contributed by atoms with Crippen molar-refractivity contribution < 1.29 is 52.7 Å². The molecule has 3 saturated heterocycles. The van der Waals surface area contributed by atoms with E-state index in [-0.39, 0.29) is 18.7 Å². The molecule has 2 aromatic heterocycles. The van der Waals surface area contributed by atoms with Gasteiger partial charge in [0.25, 0.3) is 0 Å². The molecule has 340 valence electrons. The number of Topliss-reactive ketones (excluding diaryl/α,β-unsaturated/α-hetero) is 1. The number of aryl methyl sites for hydroxylation is 1. The van der Waals surface area contributed by atoms with E-state index < -0.39 is 89.6 Å². The van der Waals surface area contributed by atoms with Crippen molar-refractivity contribution in [1.29, 1.82) is 0 Å². The second-order valence-electron chi connectivity index (χ2n) is 17.7. The minimum absolute atomic E-state index is 0.0467. The number of esters is 2. The lowest BCUT2D eigenvalue weighted by Gasteiger charge is -2.47. The first-order valence-electron chi connectivity index (χ1n) is 21.6. The number of aromatic nitrogens is 3. The van der Waals surface area contributed by atoms with E-state index in [0.717, 1.165) is 17.7 Å². The van der Waals surface area contributed by atoms with Crippen LogP contribution in [0.25, 0.3) is 11.3 Å². The van der Waals surface area contributed by atoms with Crippen molar-refractivity contribution in [2.45, 2.75) is 160 Å². The molecule has 61 heavy (non-hydrogen) atoms. The number of methoxy groups -OCH3 is 1. The average molecular weight is 857 g/mol. The molecule has 0 aliphatic carbocycles. The molecular formula is C44H68N6O11. The van der Waals surface area contributed by atoms with Gasteiger partial charge in [0.15, 0.2) is 17.7 Å². The Hall–Kier alpha value is -4.00. The largest absolute Gasteiger partial charge is 0.463 e. The van der Waals surface area contributed by atoms with Crippen molar-refractivity contribution in [3.8, 4) is 11.3 Å². The van der Waals surface area contributed by atoms with Gasteiger partial charge in [-0.3, -0.25) is 24.3 Å². The van der Waals surface area contributed by atoms with Crippen LogP contribution in [-0.2, 0) is 49.3 Å². The van der Waals surface area contributed by atoms with E-state index in [2.05, 4.69) is 15.3 Å². The summed E-state index contributed by atoms with van der Waals surface area (Å²) in [6.07, 6.45) is 4.29. The van der Waals surface area contributed by atoms with Crippen LogP contribution in [0.15, 0.2) is 37.1 Å². The van der Waals surface area contributed by atoms with E-state index in [1.807, 2.05) is 69.6 Å². The Morgan fingerprint density at radius 2 is 1.84 bits per heavy atom. The lowest BCUT2D eigenvalue weighted by atomic mass is 9.78. The Bertz CT molecular complexity index is 1800. The maximum absolute atomic E-state index is 14.4. The number of hydrogen-bond acceptors (Lipinski definition) is 15.